The lowest BCUT2D eigenvalue weighted by atomic mass is 10.1. The van der Waals surface area contributed by atoms with Gasteiger partial charge in [0, 0.05) is 22.7 Å². The highest BCUT2D eigenvalue weighted by atomic mass is 35.5. The lowest BCUT2D eigenvalue weighted by Crippen LogP contribution is -2.20. The SMILES string of the molecule is Clc1cccc(C2(Nc3nccn4c([C@@H]5CCCS5)cnc34)CC2)c1. The summed E-state index contributed by atoms with van der Waals surface area (Å²) in [6.07, 6.45) is 10.6. The molecular formula is C19H19ClN4S. The third-order valence-corrected chi connectivity index (χ3v) is 6.84. The number of benzene rings is 1. The van der Waals surface area contributed by atoms with Crippen LogP contribution in [-0.2, 0) is 5.54 Å². The van der Waals surface area contributed by atoms with E-state index in [0.29, 0.717) is 5.25 Å². The Hall–Kier alpha value is -1.72. The van der Waals surface area contributed by atoms with Crippen LogP contribution in [0.3, 0.4) is 0 Å². The van der Waals surface area contributed by atoms with E-state index in [2.05, 4.69) is 25.8 Å². The van der Waals surface area contributed by atoms with E-state index >= 15 is 0 Å². The molecule has 0 unspecified atom stereocenters. The maximum atomic E-state index is 6.19. The normalized spacial score (nSPS) is 21.6. The van der Waals surface area contributed by atoms with Crippen LogP contribution < -0.4 is 5.32 Å². The van der Waals surface area contributed by atoms with Crippen molar-refractivity contribution in [3.05, 3.63) is 59.1 Å². The fraction of sp³-hybridized carbons (Fsp3) is 0.368. The number of aromatic nitrogens is 3. The Morgan fingerprint density at radius 2 is 2.20 bits per heavy atom. The van der Waals surface area contributed by atoms with Gasteiger partial charge in [-0.25, -0.2) is 9.97 Å². The van der Waals surface area contributed by atoms with E-state index in [1.165, 1.54) is 29.9 Å². The van der Waals surface area contributed by atoms with Crippen LogP contribution in [0.15, 0.2) is 42.9 Å². The standard InChI is InChI=1S/C19H19ClN4S/c20-14-4-1-3-13(11-14)19(6-7-19)23-17-18-22-12-15(16-5-2-10-25-16)24(18)9-8-21-17/h1,3-4,8-9,11-12,16H,2,5-7,10H2,(H,21,23)/t16-/m0/s1. The second kappa shape index (κ2) is 5.92. The van der Waals surface area contributed by atoms with Gasteiger partial charge in [0.2, 0.25) is 0 Å². The molecule has 128 valence electrons. The van der Waals surface area contributed by atoms with Gasteiger partial charge in [0.1, 0.15) is 0 Å². The van der Waals surface area contributed by atoms with Crippen molar-refractivity contribution in [3.63, 3.8) is 0 Å². The lowest BCUT2D eigenvalue weighted by Gasteiger charge is -2.19. The predicted molar refractivity (Wildman–Crippen MR) is 103 cm³/mol. The molecule has 25 heavy (non-hydrogen) atoms. The van der Waals surface area contributed by atoms with Gasteiger partial charge in [0.15, 0.2) is 11.5 Å². The highest BCUT2D eigenvalue weighted by Gasteiger charge is 2.45. The number of halogens is 1. The van der Waals surface area contributed by atoms with Crippen LogP contribution in [0.5, 0.6) is 0 Å². The first-order valence-corrected chi connectivity index (χ1v) is 10.2. The summed E-state index contributed by atoms with van der Waals surface area (Å²) >= 11 is 8.22. The summed E-state index contributed by atoms with van der Waals surface area (Å²) in [7, 11) is 0. The summed E-state index contributed by atoms with van der Waals surface area (Å²) in [5.41, 5.74) is 3.37. The fourth-order valence-corrected chi connectivity index (χ4v) is 5.19. The zero-order chi connectivity index (χ0) is 16.9. The molecule has 6 heteroatoms. The molecular weight excluding hydrogens is 352 g/mol. The lowest BCUT2D eigenvalue weighted by molar-refractivity contribution is 0.789. The van der Waals surface area contributed by atoms with E-state index < -0.39 is 0 Å². The minimum atomic E-state index is -0.0615. The highest BCUT2D eigenvalue weighted by Crippen LogP contribution is 2.49. The maximum Gasteiger partial charge on any atom is 0.180 e. The van der Waals surface area contributed by atoms with Crippen LogP contribution in [0.25, 0.3) is 5.65 Å². The van der Waals surface area contributed by atoms with E-state index in [0.717, 1.165) is 29.3 Å². The minimum Gasteiger partial charge on any atom is -0.357 e. The second-order valence-corrected chi connectivity index (χ2v) is 8.62. The van der Waals surface area contributed by atoms with Gasteiger partial charge in [0.25, 0.3) is 0 Å². The third kappa shape index (κ3) is 2.70. The average molecular weight is 371 g/mol. The monoisotopic (exact) mass is 370 g/mol. The number of thioether (sulfide) groups is 1. The Balaban J connectivity index is 1.51. The molecule has 1 saturated heterocycles. The van der Waals surface area contributed by atoms with Gasteiger partial charge in [-0.2, -0.15) is 11.8 Å². The van der Waals surface area contributed by atoms with Crippen molar-refractivity contribution in [1.82, 2.24) is 14.4 Å². The van der Waals surface area contributed by atoms with Gasteiger partial charge in [-0.05, 0) is 49.1 Å². The molecule has 2 fully saturated rings. The molecule has 4 nitrogen and oxygen atoms in total. The van der Waals surface area contributed by atoms with Crippen molar-refractivity contribution in [2.24, 2.45) is 0 Å². The molecule has 1 aliphatic carbocycles. The summed E-state index contributed by atoms with van der Waals surface area (Å²) in [6, 6.07) is 8.12. The number of rotatable bonds is 4. The molecule has 2 aromatic heterocycles. The number of imidazole rings is 1. The van der Waals surface area contributed by atoms with Gasteiger partial charge < -0.3 is 5.32 Å². The van der Waals surface area contributed by atoms with Gasteiger partial charge in [0.05, 0.1) is 17.4 Å². The Labute approximate surface area is 156 Å². The van der Waals surface area contributed by atoms with Gasteiger partial charge in [-0.15, -0.1) is 0 Å². The summed E-state index contributed by atoms with van der Waals surface area (Å²) in [4.78, 5) is 9.27. The third-order valence-electron chi connectivity index (χ3n) is 5.20. The summed E-state index contributed by atoms with van der Waals surface area (Å²) in [6.45, 7) is 0. The van der Waals surface area contributed by atoms with E-state index in [-0.39, 0.29) is 5.54 Å². The number of nitrogens with one attached hydrogen (secondary N) is 1. The van der Waals surface area contributed by atoms with Crippen LogP contribution in [0.2, 0.25) is 5.02 Å². The van der Waals surface area contributed by atoms with Gasteiger partial charge >= 0.3 is 0 Å². The number of hydrogen-bond acceptors (Lipinski definition) is 4. The van der Waals surface area contributed by atoms with E-state index in [4.69, 9.17) is 11.6 Å². The number of anilines is 1. The van der Waals surface area contributed by atoms with Crippen LogP contribution in [-0.4, -0.2) is 20.1 Å². The van der Waals surface area contributed by atoms with Crippen LogP contribution >= 0.6 is 23.4 Å². The minimum absolute atomic E-state index is 0.0615. The largest absolute Gasteiger partial charge is 0.357 e. The molecule has 3 heterocycles. The molecule has 1 N–H and O–H groups in total. The molecule has 0 amide bonds. The Bertz CT molecular complexity index is 928. The van der Waals surface area contributed by atoms with Gasteiger partial charge in [-0.1, -0.05) is 23.7 Å². The fourth-order valence-electron chi connectivity index (χ4n) is 3.70. The van der Waals surface area contributed by atoms with E-state index in [1.54, 1.807) is 0 Å². The molecule has 1 aliphatic heterocycles. The predicted octanol–water partition coefficient (Wildman–Crippen LogP) is 5.05. The van der Waals surface area contributed by atoms with Crippen molar-refractivity contribution >= 4 is 34.8 Å². The molecule has 2 aliphatic rings. The number of fused-ring (bicyclic) bond motifs is 1. The van der Waals surface area contributed by atoms with Crippen molar-refractivity contribution < 1.29 is 0 Å². The molecule has 0 bridgehead atoms. The molecule has 5 rings (SSSR count). The molecule has 1 atom stereocenters. The van der Waals surface area contributed by atoms with Crippen molar-refractivity contribution in [1.29, 1.82) is 0 Å². The van der Waals surface area contributed by atoms with Crippen LogP contribution in [0.4, 0.5) is 5.82 Å². The number of hydrogen-bond donors (Lipinski definition) is 1. The first kappa shape index (κ1) is 15.5. The van der Waals surface area contributed by atoms with Crippen molar-refractivity contribution in [2.45, 2.75) is 36.5 Å². The molecule has 1 saturated carbocycles. The van der Waals surface area contributed by atoms with Crippen LogP contribution in [0.1, 0.15) is 42.2 Å². The molecule has 0 radical (unpaired) electrons. The smallest absolute Gasteiger partial charge is 0.180 e. The average Bonchev–Trinajstić information content (AvgIpc) is 3.04. The summed E-state index contributed by atoms with van der Waals surface area (Å²) < 4.78 is 2.20. The first-order chi connectivity index (χ1) is 12.3. The first-order valence-electron chi connectivity index (χ1n) is 8.73. The Morgan fingerprint density at radius 3 is 2.96 bits per heavy atom. The van der Waals surface area contributed by atoms with Crippen molar-refractivity contribution in [2.75, 3.05) is 11.1 Å². The van der Waals surface area contributed by atoms with E-state index in [1.807, 2.05) is 48.6 Å². The quantitative estimate of drug-likeness (QED) is 0.697. The summed E-state index contributed by atoms with van der Waals surface area (Å²) in [5, 5.41) is 4.99. The van der Waals surface area contributed by atoms with Crippen LogP contribution in [0, 0.1) is 0 Å². The van der Waals surface area contributed by atoms with Gasteiger partial charge in [-0.3, -0.25) is 4.40 Å². The Morgan fingerprint density at radius 1 is 1.28 bits per heavy atom. The zero-order valence-corrected chi connectivity index (χ0v) is 15.4. The number of nitrogens with zero attached hydrogens (tertiary/aromatic N) is 3. The summed E-state index contributed by atoms with van der Waals surface area (Å²) in [5.74, 6) is 2.10. The topological polar surface area (TPSA) is 42.2 Å². The van der Waals surface area contributed by atoms with Crippen molar-refractivity contribution in [3.8, 4) is 0 Å². The zero-order valence-electron chi connectivity index (χ0n) is 13.8. The second-order valence-electron chi connectivity index (χ2n) is 6.87. The molecule has 1 aromatic carbocycles. The Kier molecular flexibility index (Phi) is 3.68. The highest BCUT2D eigenvalue weighted by molar-refractivity contribution is 7.99. The molecule has 0 spiro atoms. The maximum absolute atomic E-state index is 6.19. The molecule has 3 aromatic rings. The van der Waals surface area contributed by atoms with E-state index in [9.17, 15) is 0 Å².